The van der Waals surface area contributed by atoms with Crippen LogP contribution in [0.15, 0.2) is 48.7 Å². The molecule has 0 atom stereocenters. The second-order valence-corrected chi connectivity index (χ2v) is 4.27. The highest BCUT2D eigenvalue weighted by molar-refractivity contribution is 5.81. The first-order chi connectivity index (χ1) is 8.81. The lowest BCUT2D eigenvalue weighted by Crippen LogP contribution is -1.99. The van der Waals surface area contributed by atoms with Gasteiger partial charge in [-0.15, -0.1) is 0 Å². The maximum absolute atomic E-state index is 5.65. The van der Waals surface area contributed by atoms with Crippen molar-refractivity contribution in [3.8, 4) is 0 Å². The zero-order chi connectivity index (χ0) is 12.4. The lowest BCUT2D eigenvalue weighted by Gasteiger charge is -2.06. The summed E-state index contributed by atoms with van der Waals surface area (Å²) < 4.78 is 0. The highest BCUT2D eigenvalue weighted by atomic mass is 15.1. The normalized spacial score (nSPS) is 10.7. The Labute approximate surface area is 105 Å². The molecule has 0 aliphatic carbocycles. The van der Waals surface area contributed by atoms with Gasteiger partial charge in [-0.25, -0.2) is 0 Å². The van der Waals surface area contributed by atoms with Crippen LogP contribution >= 0.6 is 0 Å². The van der Waals surface area contributed by atoms with Crippen molar-refractivity contribution >= 4 is 22.3 Å². The topological polar surface area (TPSA) is 66.7 Å². The molecule has 4 nitrogen and oxygen atoms in total. The summed E-state index contributed by atoms with van der Waals surface area (Å²) in [7, 11) is 0. The number of hydrogen-bond donors (Lipinski definition) is 3. The fourth-order valence-corrected chi connectivity index (χ4v) is 1.89. The molecule has 90 valence electrons. The van der Waals surface area contributed by atoms with Gasteiger partial charge in [-0.05, 0) is 35.9 Å². The number of H-pyrrole nitrogens is 1. The summed E-state index contributed by atoms with van der Waals surface area (Å²) in [5.41, 5.74) is 9.78. The van der Waals surface area contributed by atoms with Crippen LogP contribution < -0.4 is 11.1 Å². The molecule has 0 aliphatic heterocycles. The van der Waals surface area contributed by atoms with Crippen LogP contribution in [0.1, 0.15) is 5.56 Å². The largest absolute Gasteiger partial charge is 0.399 e. The van der Waals surface area contributed by atoms with E-state index in [1.807, 2.05) is 42.6 Å². The second-order valence-electron chi connectivity index (χ2n) is 4.27. The van der Waals surface area contributed by atoms with Gasteiger partial charge in [0.2, 0.25) is 0 Å². The molecule has 2 aromatic carbocycles. The Morgan fingerprint density at radius 3 is 2.78 bits per heavy atom. The summed E-state index contributed by atoms with van der Waals surface area (Å²) in [6.45, 7) is 0.781. The third kappa shape index (κ3) is 2.13. The third-order valence-corrected chi connectivity index (χ3v) is 2.92. The predicted octanol–water partition coefficient (Wildman–Crippen LogP) is 2.76. The van der Waals surface area contributed by atoms with Crippen LogP contribution in [0.3, 0.4) is 0 Å². The first-order valence-corrected chi connectivity index (χ1v) is 5.83. The second kappa shape index (κ2) is 4.41. The van der Waals surface area contributed by atoms with Crippen LogP contribution in [0.4, 0.5) is 11.4 Å². The number of anilines is 2. The Morgan fingerprint density at radius 1 is 1.11 bits per heavy atom. The quantitative estimate of drug-likeness (QED) is 0.615. The number of aromatic amines is 1. The number of benzene rings is 2. The van der Waals surface area contributed by atoms with Crippen LogP contribution in [-0.2, 0) is 6.54 Å². The molecule has 18 heavy (non-hydrogen) atoms. The Morgan fingerprint density at radius 2 is 1.94 bits per heavy atom. The van der Waals surface area contributed by atoms with E-state index >= 15 is 0 Å². The minimum Gasteiger partial charge on any atom is -0.399 e. The van der Waals surface area contributed by atoms with Crippen LogP contribution in [0.25, 0.3) is 10.9 Å². The van der Waals surface area contributed by atoms with Gasteiger partial charge in [-0.2, -0.15) is 5.10 Å². The molecular weight excluding hydrogens is 224 g/mol. The van der Waals surface area contributed by atoms with Crippen LogP contribution in [0, 0.1) is 0 Å². The smallest absolute Gasteiger partial charge is 0.0651 e. The molecule has 0 bridgehead atoms. The average molecular weight is 238 g/mol. The number of nitrogens with one attached hydrogen (secondary N) is 2. The van der Waals surface area contributed by atoms with Crippen LogP contribution in [0.5, 0.6) is 0 Å². The Kier molecular flexibility index (Phi) is 2.61. The highest BCUT2D eigenvalue weighted by Gasteiger charge is 1.98. The van der Waals surface area contributed by atoms with Gasteiger partial charge in [0.25, 0.3) is 0 Å². The summed E-state index contributed by atoms with van der Waals surface area (Å²) in [6.07, 6.45) is 1.82. The van der Waals surface area contributed by atoms with Gasteiger partial charge < -0.3 is 11.1 Å². The van der Waals surface area contributed by atoms with Crippen LogP contribution in [-0.4, -0.2) is 10.2 Å². The lowest BCUT2D eigenvalue weighted by atomic mass is 10.2. The molecule has 0 saturated carbocycles. The van der Waals surface area contributed by atoms with Gasteiger partial charge in [0, 0.05) is 23.3 Å². The number of rotatable bonds is 3. The minimum atomic E-state index is 0.781. The third-order valence-electron chi connectivity index (χ3n) is 2.92. The maximum Gasteiger partial charge on any atom is 0.0651 e. The molecule has 0 saturated heterocycles. The summed E-state index contributed by atoms with van der Waals surface area (Å²) in [6, 6.07) is 14.0. The van der Waals surface area contributed by atoms with Crippen molar-refractivity contribution in [3.05, 3.63) is 54.2 Å². The minimum absolute atomic E-state index is 0.781. The monoisotopic (exact) mass is 238 g/mol. The predicted molar refractivity (Wildman–Crippen MR) is 74.3 cm³/mol. The van der Waals surface area contributed by atoms with E-state index in [4.69, 9.17) is 5.73 Å². The first-order valence-electron chi connectivity index (χ1n) is 5.83. The van der Waals surface area contributed by atoms with E-state index in [1.165, 1.54) is 5.56 Å². The van der Waals surface area contributed by atoms with E-state index in [0.29, 0.717) is 0 Å². The van der Waals surface area contributed by atoms with Crippen LogP contribution in [0.2, 0.25) is 0 Å². The fourth-order valence-electron chi connectivity index (χ4n) is 1.89. The molecule has 0 aliphatic rings. The van der Waals surface area contributed by atoms with Gasteiger partial charge in [0.15, 0.2) is 0 Å². The molecule has 0 fully saturated rings. The summed E-state index contributed by atoms with van der Waals surface area (Å²) in [4.78, 5) is 0. The first kappa shape index (κ1) is 10.7. The molecule has 4 heteroatoms. The Hall–Kier alpha value is -2.49. The number of nitrogens with two attached hydrogens (primary N) is 1. The van der Waals surface area contributed by atoms with E-state index in [9.17, 15) is 0 Å². The molecule has 4 N–H and O–H groups in total. The van der Waals surface area contributed by atoms with Crippen molar-refractivity contribution in [3.63, 3.8) is 0 Å². The van der Waals surface area contributed by atoms with Gasteiger partial charge in [0.05, 0.1) is 11.7 Å². The number of nitrogens with zero attached hydrogens (tertiary/aromatic N) is 1. The summed E-state index contributed by atoms with van der Waals surface area (Å²) in [5.74, 6) is 0. The van der Waals surface area contributed by atoms with Crippen molar-refractivity contribution in [1.82, 2.24) is 10.2 Å². The molecule has 0 radical (unpaired) electrons. The molecule has 1 aromatic heterocycles. The molecular formula is C14H14N4. The fraction of sp³-hybridized carbons (Fsp3) is 0.0714. The van der Waals surface area contributed by atoms with Gasteiger partial charge in [-0.1, -0.05) is 12.1 Å². The summed E-state index contributed by atoms with van der Waals surface area (Å²) >= 11 is 0. The molecule has 1 heterocycles. The Bertz CT molecular complexity index is 655. The van der Waals surface area contributed by atoms with Crippen molar-refractivity contribution in [2.45, 2.75) is 6.54 Å². The van der Waals surface area contributed by atoms with Gasteiger partial charge in [0.1, 0.15) is 0 Å². The van der Waals surface area contributed by atoms with E-state index in [-0.39, 0.29) is 0 Å². The number of fused-ring (bicyclic) bond motifs is 1. The molecule has 3 rings (SSSR count). The molecule has 0 spiro atoms. The Balaban J connectivity index is 1.74. The SMILES string of the molecule is Nc1ccc(CNc2ccc3[nH]ncc3c2)cc1. The van der Waals surface area contributed by atoms with Crippen molar-refractivity contribution in [1.29, 1.82) is 0 Å². The van der Waals surface area contributed by atoms with E-state index in [2.05, 4.69) is 21.6 Å². The van der Waals surface area contributed by atoms with Gasteiger partial charge >= 0.3 is 0 Å². The van der Waals surface area contributed by atoms with Crippen molar-refractivity contribution in [2.24, 2.45) is 0 Å². The number of nitrogen functional groups attached to an aromatic ring is 1. The number of aromatic nitrogens is 2. The van der Waals surface area contributed by atoms with E-state index < -0.39 is 0 Å². The molecule has 0 unspecified atom stereocenters. The standard InChI is InChI=1S/C14H14N4/c15-12-3-1-10(2-4-12)8-16-13-5-6-14-11(7-13)9-17-18-14/h1-7,9,16H,8,15H2,(H,17,18). The zero-order valence-electron chi connectivity index (χ0n) is 9.85. The van der Waals surface area contributed by atoms with E-state index in [0.717, 1.165) is 28.8 Å². The maximum atomic E-state index is 5.65. The zero-order valence-corrected chi connectivity index (χ0v) is 9.85. The molecule has 0 amide bonds. The average Bonchev–Trinajstić information content (AvgIpc) is 2.85. The summed E-state index contributed by atoms with van der Waals surface area (Å²) in [5, 5.41) is 11.4. The van der Waals surface area contributed by atoms with Gasteiger partial charge in [-0.3, -0.25) is 5.10 Å². The number of hydrogen-bond acceptors (Lipinski definition) is 3. The van der Waals surface area contributed by atoms with Crippen molar-refractivity contribution < 1.29 is 0 Å². The van der Waals surface area contributed by atoms with Crippen molar-refractivity contribution in [2.75, 3.05) is 11.1 Å². The highest BCUT2D eigenvalue weighted by Crippen LogP contribution is 2.17. The van der Waals surface area contributed by atoms with E-state index in [1.54, 1.807) is 0 Å². The molecule has 3 aromatic rings. The lowest BCUT2D eigenvalue weighted by molar-refractivity contribution is 1.12.